The minimum Gasteiger partial charge on any atom is -0.496 e. The molecule has 1 aliphatic heterocycles. The van der Waals surface area contributed by atoms with Crippen molar-refractivity contribution in [2.75, 3.05) is 34.7 Å². The van der Waals surface area contributed by atoms with Gasteiger partial charge in [0.1, 0.15) is 28.1 Å². The van der Waals surface area contributed by atoms with Crippen molar-refractivity contribution < 1.29 is 48.2 Å². The third-order valence-corrected chi connectivity index (χ3v) is 12.4. The maximum Gasteiger partial charge on any atom is 0.355 e. The van der Waals surface area contributed by atoms with E-state index in [2.05, 4.69) is 64.8 Å². The third-order valence-electron chi connectivity index (χ3n) is 10.8. The largest absolute Gasteiger partial charge is 0.496 e. The van der Waals surface area contributed by atoms with E-state index in [4.69, 9.17) is 28.4 Å². The summed E-state index contributed by atoms with van der Waals surface area (Å²) in [5, 5.41) is 23.6. The van der Waals surface area contributed by atoms with E-state index in [9.17, 15) is 19.8 Å². The summed E-state index contributed by atoms with van der Waals surface area (Å²) in [4.78, 5) is 36.4. The summed E-state index contributed by atoms with van der Waals surface area (Å²) in [5.41, 5.74) is 6.13. The quantitative estimate of drug-likeness (QED) is 0.0703. The van der Waals surface area contributed by atoms with Crippen LogP contribution in [-0.2, 0) is 51.2 Å². The Morgan fingerprint density at radius 3 is 1.91 bits per heavy atom. The molecule has 1 aliphatic rings. The minimum absolute atomic E-state index is 0.0111. The summed E-state index contributed by atoms with van der Waals surface area (Å²) in [6.45, 7) is 10.0. The molecule has 4 aromatic carbocycles. The molecule has 2 N–H and O–H groups in total. The molecule has 64 heavy (non-hydrogen) atoms. The smallest absolute Gasteiger partial charge is 0.355 e. The second-order valence-corrected chi connectivity index (χ2v) is 18.2. The first-order valence-corrected chi connectivity index (χ1v) is 22.4. The molecule has 7 rings (SSSR count). The Balaban J connectivity index is 1.07. The van der Waals surface area contributed by atoms with Crippen LogP contribution in [0.4, 0.5) is 0 Å². The number of aromatic nitrogens is 2. The fraction of sp³-hybridized carbons (Fsp3) is 0.333. The van der Waals surface area contributed by atoms with Crippen LogP contribution in [0.2, 0.25) is 0 Å². The van der Waals surface area contributed by atoms with Gasteiger partial charge in [0.2, 0.25) is 6.79 Å². The van der Waals surface area contributed by atoms with Gasteiger partial charge in [0.15, 0.2) is 34.4 Å². The van der Waals surface area contributed by atoms with Crippen molar-refractivity contribution in [1.82, 2.24) is 19.8 Å². The third kappa shape index (κ3) is 11.5. The van der Waals surface area contributed by atoms with Gasteiger partial charge in [-0.25, -0.2) is 19.6 Å². The highest BCUT2D eigenvalue weighted by atomic mass is 32.1. The number of hydrogen-bond acceptors (Lipinski definition) is 14. The van der Waals surface area contributed by atoms with Crippen molar-refractivity contribution in [1.29, 1.82) is 0 Å². The zero-order valence-corrected chi connectivity index (χ0v) is 38.3. The molecule has 0 aliphatic carbocycles. The van der Waals surface area contributed by atoms with Crippen molar-refractivity contribution in [2.45, 2.75) is 71.9 Å². The van der Waals surface area contributed by atoms with Gasteiger partial charge in [-0.1, -0.05) is 63.2 Å². The van der Waals surface area contributed by atoms with Crippen LogP contribution in [0.3, 0.4) is 0 Å². The number of fused-ring (bicyclic) bond motifs is 1. The number of carboxylic acid groups (broad SMARTS) is 2. The molecule has 6 aromatic rings. The van der Waals surface area contributed by atoms with Gasteiger partial charge in [0, 0.05) is 42.5 Å². The molecule has 336 valence electrons. The number of nitrogens with zero attached hydrogens (tertiary/aromatic N) is 4. The Bertz CT molecular complexity index is 2570. The molecular weight excluding hydrogens is 857 g/mol. The normalized spacial score (nSPS) is 12.2. The zero-order chi connectivity index (χ0) is 45.4. The van der Waals surface area contributed by atoms with E-state index in [1.54, 1.807) is 32.1 Å². The van der Waals surface area contributed by atoms with Gasteiger partial charge in [-0.05, 0) is 64.4 Å². The average molecular weight is 909 g/mol. The van der Waals surface area contributed by atoms with Crippen LogP contribution in [-0.4, -0.2) is 76.6 Å². The fourth-order valence-electron chi connectivity index (χ4n) is 7.42. The summed E-state index contributed by atoms with van der Waals surface area (Å²) in [6.07, 6.45) is 0.693. The second kappa shape index (κ2) is 20.5. The fourth-order valence-corrected chi connectivity index (χ4v) is 9.04. The van der Waals surface area contributed by atoms with Crippen molar-refractivity contribution in [3.05, 3.63) is 138 Å². The van der Waals surface area contributed by atoms with Crippen LogP contribution in [0.15, 0.2) is 83.6 Å². The Hall–Kier alpha value is -6.20. The molecule has 0 atom stereocenters. The van der Waals surface area contributed by atoms with Crippen LogP contribution < -0.4 is 28.4 Å². The van der Waals surface area contributed by atoms with Crippen LogP contribution >= 0.6 is 22.7 Å². The molecule has 14 nitrogen and oxygen atoms in total. The number of carboxylic acids is 2. The van der Waals surface area contributed by atoms with E-state index in [0.29, 0.717) is 90.8 Å². The molecule has 0 fully saturated rings. The Morgan fingerprint density at radius 1 is 0.672 bits per heavy atom. The monoisotopic (exact) mass is 908 g/mol. The number of benzene rings is 4. The van der Waals surface area contributed by atoms with Gasteiger partial charge in [-0.3, -0.25) is 9.80 Å². The Labute approximate surface area is 380 Å². The van der Waals surface area contributed by atoms with Gasteiger partial charge in [-0.15, -0.1) is 22.7 Å². The highest BCUT2D eigenvalue weighted by Gasteiger charge is 2.23. The van der Waals surface area contributed by atoms with Gasteiger partial charge in [0.05, 0.1) is 40.0 Å². The van der Waals surface area contributed by atoms with E-state index >= 15 is 0 Å². The van der Waals surface area contributed by atoms with Crippen molar-refractivity contribution in [3.63, 3.8) is 0 Å². The van der Waals surface area contributed by atoms with E-state index in [-0.39, 0.29) is 30.2 Å². The van der Waals surface area contributed by atoms with Gasteiger partial charge >= 0.3 is 11.9 Å². The number of rotatable bonds is 21. The number of hydrogen-bond donors (Lipinski definition) is 2. The van der Waals surface area contributed by atoms with Crippen LogP contribution in [0.1, 0.15) is 85.1 Å². The summed E-state index contributed by atoms with van der Waals surface area (Å²) in [6, 6.07) is 24.2. The van der Waals surface area contributed by atoms with Gasteiger partial charge in [0.25, 0.3) is 0 Å². The predicted molar refractivity (Wildman–Crippen MR) is 243 cm³/mol. The lowest BCUT2D eigenvalue weighted by Gasteiger charge is -2.24. The molecule has 0 bridgehead atoms. The first-order valence-electron chi connectivity index (χ1n) is 20.6. The predicted octanol–water partition coefficient (Wildman–Crippen LogP) is 9.07. The molecule has 3 heterocycles. The van der Waals surface area contributed by atoms with E-state index in [1.165, 1.54) is 28.2 Å². The summed E-state index contributed by atoms with van der Waals surface area (Å²) >= 11 is 2.65. The van der Waals surface area contributed by atoms with E-state index in [0.717, 1.165) is 27.3 Å². The average Bonchev–Trinajstić information content (AvgIpc) is 4.07. The summed E-state index contributed by atoms with van der Waals surface area (Å²) < 4.78 is 35.4. The molecule has 0 radical (unpaired) electrons. The lowest BCUT2D eigenvalue weighted by Crippen LogP contribution is -2.25. The molecule has 0 unspecified atom stereocenters. The van der Waals surface area contributed by atoms with Gasteiger partial charge < -0.3 is 38.6 Å². The van der Waals surface area contributed by atoms with Crippen LogP contribution in [0.25, 0.3) is 0 Å². The minimum atomic E-state index is -1.07. The van der Waals surface area contributed by atoms with Gasteiger partial charge in [-0.2, -0.15) is 0 Å². The maximum absolute atomic E-state index is 11.6. The summed E-state index contributed by atoms with van der Waals surface area (Å²) in [5.74, 6) is 1.56. The lowest BCUT2D eigenvalue weighted by atomic mass is 9.87. The van der Waals surface area contributed by atoms with E-state index < -0.39 is 11.9 Å². The summed E-state index contributed by atoms with van der Waals surface area (Å²) in [7, 11) is 4.83. The molecule has 2 aromatic heterocycles. The number of thiazole rings is 2. The van der Waals surface area contributed by atoms with Crippen molar-refractivity contribution in [3.8, 4) is 34.5 Å². The number of aromatic carboxylic acids is 2. The first-order chi connectivity index (χ1) is 30.8. The number of ether oxygens (including phenoxy) is 6. The highest BCUT2D eigenvalue weighted by Crippen LogP contribution is 2.38. The molecule has 16 heteroatoms. The Morgan fingerprint density at radius 2 is 1.28 bits per heavy atom. The second-order valence-electron chi connectivity index (χ2n) is 16.3. The maximum atomic E-state index is 11.6. The number of methoxy groups -OCH3 is 3. The number of carbonyl (C=O) groups is 2. The molecular formula is C48H52N4O10S2. The van der Waals surface area contributed by atoms with Crippen molar-refractivity contribution in [2.24, 2.45) is 0 Å². The highest BCUT2D eigenvalue weighted by molar-refractivity contribution is 7.10. The lowest BCUT2D eigenvalue weighted by molar-refractivity contribution is 0.0680. The SMILES string of the molecule is COc1cc(CCN(Cc2ccc(C(C)(C)C)cc2)Cc2nc(C(=O)O)cs2)ccc1OCc1c(OC)ccc(CN(Cc2ccc3c(c2)OCO3)Cc2nc(C(=O)O)cs2)c1OC. The van der Waals surface area contributed by atoms with E-state index in [1.807, 2.05) is 48.5 Å². The first kappa shape index (κ1) is 45.8. The van der Waals surface area contributed by atoms with Crippen LogP contribution in [0, 0.1) is 0 Å². The zero-order valence-electron chi connectivity index (χ0n) is 36.7. The van der Waals surface area contributed by atoms with Crippen molar-refractivity contribution >= 4 is 34.6 Å². The molecule has 0 spiro atoms. The molecule has 0 saturated heterocycles. The topological polar surface area (TPSA) is 162 Å². The molecule has 0 amide bonds. The Kier molecular flexibility index (Phi) is 14.7. The molecule has 0 saturated carbocycles. The standard InChI is InChI=1S/C48H52N4O10S2/c1-48(2,3)34-12-7-31(8-13-34)21-51(24-43-49-36(27-63-43)46(53)54)18-17-30-9-14-39(41(19-30)58-5)60-26-35-38(57-4)16-11-33(45(35)59-6)23-52(25-44-50-37(28-64-44)47(55)56)22-32-10-15-40-42(20-32)62-29-61-40/h7-16,19-20,27-28H,17-18,21-26,29H2,1-6H3,(H,53,54)(H,55,56). The van der Waals surface area contributed by atoms with Crippen LogP contribution in [0.5, 0.6) is 34.5 Å².